The molecule has 4 heteroatoms. The van der Waals surface area contributed by atoms with Crippen molar-refractivity contribution < 1.29 is 9.53 Å². The number of carbonyl (C=O) groups is 1. The van der Waals surface area contributed by atoms with Gasteiger partial charge in [0, 0.05) is 10.9 Å². The predicted octanol–water partition coefficient (Wildman–Crippen LogP) is 2.44. The smallest absolute Gasteiger partial charge is 0.341 e. The van der Waals surface area contributed by atoms with Gasteiger partial charge in [0.25, 0.3) is 0 Å². The second-order valence-electron chi connectivity index (χ2n) is 3.68. The monoisotopic (exact) mass is 265 g/mol. The van der Waals surface area contributed by atoms with E-state index in [-0.39, 0.29) is 0 Å². The van der Waals surface area contributed by atoms with Crippen LogP contribution in [0.25, 0.3) is 0 Å². The van der Waals surface area contributed by atoms with Crippen molar-refractivity contribution in [3.05, 3.63) is 33.8 Å². The maximum absolute atomic E-state index is 11.7. The lowest BCUT2D eigenvalue weighted by atomic mass is 9.91. The van der Waals surface area contributed by atoms with Gasteiger partial charge in [-0.05, 0) is 34.5 Å². The van der Waals surface area contributed by atoms with E-state index in [9.17, 15) is 4.79 Å². The van der Waals surface area contributed by atoms with Crippen LogP contribution in [0.4, 0.5) is 0 Å². The number of hydrogen-bond donors (Lipinski definition) is 0. The number of halogens is 1. The van der Waals surface area contributed by atoms with E-state index in [2.05, 4.69) is 15.9 Å². The lowest BCUT2D eigenvalue weighted by molar-refractivity contribution is 0.00836. The molecule has 1 aliphatic rings. The van der Waals surface area contributed by atoms with E-state index in [1.54, 1.807) is 13.0 Å². The molecule has 76 valence electrons. The van der Waals surface area contributed by atoms with E-state index < -0.39 is 11.6 Å². The van der Waals surface area contributed by atoms with Crippen LogP contribution in [0.3, 0.4) is 0 Å². The third-order valence-corrected chi connectivity index (χ3v) is 3.05. The molecule has 0 fully saturated rings. The maximum atomic E-state index is 11.7. The Bertz CT molecular complexity index is 478. The average Bonchev–Trinajstić information content (AvgIpc) is 2.17. The first-order chi connectivity index (χ1) is 7.06. The number of hydrogen-bond acceptors (Lipinski definition) is 3. The summed E-state index contributed by atoms with van der Waals surface area (Å²) in [6.45, 7) is 1.62. The molecule has 0 saturated carbocycles. The van der Waals surface area contributed by atoms with Crippen molar-refractivity contribution in [1.29, 1.82) is 5.26 Å². The van der Waals surface area contributed by atoms with Crippen LogP contribution in [0.1, 0.15) is 22.8 Å². The molecule has 1 heterocycles. The quantitative estimate of drug-likeness (QED) is 0.677. The molecule has 15 heavy (non-hydrogen) atoms. The van der Waals surface area contributed by atoms with Gasteiger partial charge in [0.05, 0.1) is 5.56 Å². The Labute approximate surface area is 95.8 Å². The topological polar surface area (TPSA) is 50.1 Å². The zero-order valence-electron chi connectivity index (χ0n) is 8.08. The number of carbonyl (C=O) groups excluding carboxylic acids is 1. The number of nitriles is 1. The summed E-state index contributed by atoms with van der Waals surface area (Å²) in [5.74, 6) is -0.437. The van der Waals surface area contributed by atoms with Crippen LogP contribution in [-0.4, -0.2) is 11.6 Å². The molecule has 0 bridgehead atoms. The van der Waals surface area contributed by atoms with Gasteiger partial charge in [-0.3, -0.25) is 0 Å². The Kier molecular flexibility index (Phi) is 2.28. The number of rotatable bonds is 0. The summed E-state index contributed by atoms with van der Waals surface area (Å²) in [4.78, 5) is 11.7. The van der Waals surface area contributed by atoms with Gasteiger partial charge in [-0.15, -0.1) is 0 Å². The molecule has 1 aliphatic heterocycles. The molecule has 0 spiro atoms. The molecule has 1 unspecified atom stereocenters. The van der Waals surface area contributed by atoms with Crippen molar-refractivity contribution in [3.63, 3.8) is 0 Å². The maximum Gasteiger partial charge on any atom is 0.341 e. The zero-order valence-corrected chi connectivity index (χ0v) is 9.67. The van der Waals surface area contributed by atoms with Gasteiger partial charge in [0.15, 0.2) is 5.60 Å². The van der Waals surface area contributed by atoms with Crippen molar-refractivity contribution >= 4 is 21.9 Å². The van der Waals surface area contributed by atoms with Crippen LogP contribution >= 0.6 is 15.9 Å². The summed E-state index contributed by atoms with van der Waals surface area (Å²) in [6, 6.07) is 7.49. The highest BCUT2D eigenvalue weighted by Gasteiger charge is 2.37. The Morgan fingerprint density at radius 3 is 3.00 bits per heavy atom. The Hall–Kier alpha value is -1.34. The van der Waals surface area contributed by atoms with E-state index in [1.165, 1.54) is 0 Å². The van der Waals surface area contributed by atoms with Crippen LogP contribution in [0.15, 0.2) is 22.7 Å². The number of cyclic esters (lactones) is 1. The van der Waals surface area contributed by atoms with Gasteiger partial charge < -0.3 is 4.74 Å². The lowest BCUT2D eigenvalue weighted by Crippen LogP contribution is -2.37. The van der Waals surface area contributed by atoms with Crippen LogP contribution in [0.2, 0.25) is 0 Å². The minimum atomic E-state index is -1.04. The molecule has 0 aliphatic carbocycles. The van der Waals surface area contributed by atoms with Crippen LogP contribution in [-0.2, 0) is 11.2 Å². The Morgan fingerprint density at radius 2 is 2.33 bits per heavy atom. The van der Waals surface area contributed by atoms with Crippen molar-refractivity contribution in [3.8, 4) is 6.07 Å². The molecular weight excluding hydrogens is 258 g/mol. The fraction of sp³-hybridized carbons (Fsp3) is 0.273. The summed E-state index contributed by atoms with van der Waals surface area (Å²) < 4.78 is 5.81. The number of benzene rings is 1. The predicted molar refractivity (Wildman–Crippen MR) is 57.3 cm³/mol. The van der Waals surface area contributed by atoms with Crippen molar-refractivity contribution in [2.75, 3.05) is 0 Å². The molecular formula is C11H8BrNO2. The highest BCUT2D eigenvalue weighted by molar-refractivity contribution is 9.10. The summed E-state index contributed by atoms with van der Waals surface area (Å²) in [5.41, 5.74) is 0.347. The molecule has 3 nitrogen and oxygen atoms in total. The molecule has 1 aromatic carbocycles. The van der Waals surface area contributed by atoms with E-state index in [0.717, 1.165) is 5.56 Å². The van der Waals surface area contributed by atoms with E-state index in [4.69, 9.17) is 10.00 Å². The van der Waals surface area contributed by atoms with Gasteiger partial charge in [-0.2, -0.15) is 5.26 Å². The molecule has 0 saturated heterocycles. The first-order valence-electron chi connectivity index (χ1n) is 4.48. The first-order valence-corrected chi connectivity index (χ1v) is 5.27. The Balaban J connectivity index is 2.56. The molecule has 0 amide bonds. The summed E-state index contributed by atoms with van der Waals surface area (Å²) in [6.07, 6.45) is 0.435. The van der Waals surface area contributed by atoms with Crippen molar-refractivity contribution in [2.45, 2.75) is 18.9 Å². The highest BCUT2D eigenvalue weighted by atomic mass is 79.9. The SMILES string of the molecule is CC1(C#N)Cc2cccc(Br)c2C(=O)O1. The van der Waals surface area contributed by atoms with Gasteiger partial charge in [-0.25, -0.2) is 4.79 Å². The van der Waals surface area contributed by atoms with E-state index in [0.29, 0.717) is 16.5 Å². The van der Waals surface area contributed by atoms with Gasteiger partial charge in [-0.1, -0.05) is 12.1 Å². The second-order valence-corrected chi connectivity index (χ2v) is 4.54. The number of ether oxygens (including phenoxy) is 1. The van der Waals surface area contributed by atoms with Gasteiger partial charge >= 0.3 is 5.97 Å². The number of nitrogens with zero attached hydrogens (tertiary/aromatic N) is 1. The third kappa shape index (κ3) is 1.64. The standard InChI is InChI=1S/C11H8BrNO2/c1-11(6-13)5-7-3-2-4-8(12)9(7)10(14)15-11/h2-4H,5H2,1H3. The van der Waals surface area contributed by atoms with Gasteiger partial charge in [0.1, 0.15) is 6.07 Å². The van der Waals surface area contributed by atoms with Gasteiger partial charge in [0.2, 0.25) is 0 Å². The molecule has 0 radical (unpaired) electrons. The molecule has 2 rings (SSSR count). The van der Waals surface area contributed by atoms with E-state index in [1.807, 2.05) is 18.2 Å². The zero-order chi connectivity index (χ0) is 11.1. The summed E-state index contributed by atoms with van der Waals surface area (Å²) >= 11 is 3.30. The normalized spacial score (nSPS) is 23.9. The lowest BCUT2D eigenvalue weighted by Gasteiger charge is -2.28. The molecule has 1 atom stereocenters. The van der Waals surface area contributed by atoms with E-state index >= 15 is 0 Å². The summed E-state index contributed by atoms with van der Waals surface area (Å²) in [7, 11) is 0. The van der Waals surface area contributed by atoms with Crippen molar-refractivity contribution in [2.24, 2.45) is 0 Å². The largest absolute Gasteiger partial charge is 0.440 e. The summed E-state index contributed by atoms with van der Waals surface area (Å²) in [5, 5.41) is 8.92. The third-order valence-electron chi connectivity index (χ3n) is 2.39. The number of fused-ring (bicyclic) bond motifs is 1. The highest BCUT2D eigenvalue weighted by Crippen LogP contribution is 2.31. The van der Waals surface area contributed by atoms with Crippen LogP contribution in [0, 0.1) is 11.3 Å². The minimum Gasteiger partial charge on any atom is -0.440 e. The van der Waals surface area contributed by atoms with Crippen molar-refractivity contribution in [1.82, 2.24) is 0 Å². The Morgan fingerprint density at radius 1 is 1.60 bits per heavy atom. The average molecular weight is 266 g/mol. The first kappa shape index (κ1) is 10.2. The van der Waals surface area contributed by atoms with Crippen LogP contribution < -0.4 is 0 Å². The molecule has 1 aromatic rings. The fourth-order valence-electron chi connectivity index (χ4n) is 1.66. The minimum absolute atomic E-state index is 0.435. The number of esters is 1. The molecule has 0 aromatic heterocycles. The van der Waals surface area contributed by atoms with Crippen LogP contribution in [0.5, 0.6) is 0 Å². The fourth-order valence-corrected chi connectivity index (χ4v) is 2.23. The molecule has 0 N–H and O–H groups in total. The second kappa shape index (κ2) is 3.35.